The molecule has 0 atom stereocenters. The van der Waals surface area contributed by atoms with Crippen LogP contribution in [0.5, 0.6) is 0 Å². The summed E-state index contributed by atoms with van der Waals surface area (Å²) in [4.78, 5) is 12.4. The molecule has 1 heterocycles. The van der Waals surface area contributed by atoms with Gasteiger partial charge in [0.25, 0.3) is 5.91 Å². The van der Waals surface area contributed by atoms with Gasteiger partial charge in [0.05, 0.1) is 4.90 Å². The Hall–Kier alpha value is -2.32. The molecule has 27 heavy (non-hydrogen) atoms. The van der Waals surface area contributed by atoms with Crippen LogP contribution >= 0.6 is 0 Å². The van der Waals surface area contributed by atoms with Gasteiger partial charge in [-0.25, -0.2) is 17.2 Å². The molecule has 3 rings (SSSR count). The molecule has 2 aromatic carbocycles. The van der Waals surface area contributed by atoms with Crippen LogP contribution < -0.4 is 5.32 Å². The van der Waals surface area contributed by atoms with E-state index in [1.54, 1.807) is 0 Å². The SMILES string of the molecule is O=C(Nc1ccc(F)c(F)c1)c1ccc(S(=O)(=O)N2CCCCCC2)cc1. The van der Waals surface area contributed by atoms with Crippen LogP contribution in [0.2, 0.25) is 0 Å². The molecule has 1 saturated heterocycles. The van der Waals surface area contributed by atoms with E-state index in [0.717, 1.165) is 37.8 Å². The van der Waals surface area contributed by atoms with Crippen molar-refractivity contribution >= 4 is 21.6 Å². The summed E-state index contributed by atoms with van der Waals surface area (Å²) in [6.07, 6.45) is 3.73. The fraction of sp³-hybridized carbons (Fsp3) is 0.316. The minimum Gasteiger partial charge on any atom is -0.322 e. The fourth-order valence-electron chi connectivity index (χ4n) is 2.99. The second-order valence-electron chi connectivity index (χ2n) is 6.43. The van der Waals surface area contributed by atoms with E-state index in [-0.39, 0.29) is 16.1 Å². The minimum atomic E-state index is -3.59. The quantitative estimate of drug-likeness (QED) is 0.858. The number of carbonyl (C=O) groups is 1. The molecule has 0 aliphatic carbocycles. The molecule has 8 heteroatoms. The fourth-order valence-corrected chi connectivity index (χ4v) is 4.50. The second-order valence-corrected chi connectivity index (χ2v) is 8.36. The summed E-state index contributed by atoms with van der Waals surface area (Å²) in [7, 11) is -3.59. The third kappa shape index (κ3) is 4.51. The molecule has 1 fully saturated rings. The van der Waals surface area contributed by atoms with Crippen LogP contribution in [0, 0.1) is 11.6 Å². The van der Waals surface area contributed by atoms with E-state index in [1.165, 1.54) is 34.6 Å². The molecule has 0 spiro atoms. The molecule has 0 unspecified atom stereocenters. The highest BCUT2D eigenvalue weighted by atomic mass is 32.2. The van der Waals surface area contributed by atoms with Gasteiger partial charge in [-0.15, -0.1) is 0 Å². The minimum absolute atomic E-state index is 0.111. The van der Waals surface area contributed by atoms with Crippen molar-refractivity contribution in [3.63, 3.8) is 0 Å². The van der Waals surface area contributed by atoms with E-state index in [2.05, 4.69) is 5.32 Å². The highest BCUT2D eigenvalue weighted by Gasteiger charge is 2.25. The maximum Gasteiger partial charge on any atom is 0.255 e. The zero-order valence-electron chi connectivity index (χ0n) is 14.6. The normalized spacial score (nSPS) is 15.9. The summed E-state index contributed by atoms with van der Waals surface area (Å²) in [5.74, 6) is -2.61. The van der Waals surface area contributed by atoms with Gasteiger partial charge < -0.3 is 5.32 Å². The standard InChI is InChI=1S/C19H20F2N2O3S/c20-17-10-7-15(13-18(17)21)22-19(24)14-5-8-16(9-6-14)27(25,26)23-11-3-1-2-4-12-23/h5-10,13H,1-4,11-12H2,(H,22,24). The Labute approximate surface area is 157 Å². The molecule has 0 radical (unpaired) electrons. The number of sulfonamides is 1. The van der Waals surface area contributed by atoms with Crippen LogP contribution in [0.15, 0.2) is 47.4 Å². The molecule has 144 valence electrons. The van der Waals surface area contributed by atoms with Crippen LogP contribution in [0.3, 0.4) is 0 Å². The first-order chi connectivity index (χ1) is 12.9. The molecule has 5 nitrogen and oxygen atoms in total. The third-order valence-corrected chi connectivity index (χ3v) is 6.41. The monoisotopic (exact) mass is 394 g/mol. The average molecular weight is 394 g/mol. The number of benzene rings is 2. The van der Waals surface area contributed by atoms with Crippen molar-refractivity contribution < 1.29 is 22.0 Å². The number of anilines is 1. The number of carbonyl (C=O) groups excluding carboxylic acids is 1. The van der Waals surface area contributed by atoms with Gasteiger partial charge in [-0.1, -0.05) is 12.8 Å². The van der Waals surface area contributed by atoms with Crippen LogP contribution in [-0.4, -0.2) is 31.7 Å². The predicted molar refractivity (Wildman–Crippen MR) is 98.0 cm³/mol. The molecule has 1 N–H and O–H groups in total. The Balaban J connectivity index is 1.74. The predicted octanol–water partition coefficient (Wildman–Crippen LogP) is 3.78. The maximum atomic E-state index is 13.2. The van der Waals surface area contributed by atoms with Crippen molar-refractivity contribution in [2.24, 2.45) is 0 Å². The number of amides is 1. The van der Waals surface area contributed by atoms with Crippen molar-refractivity contribution in [2.75, 3.05) is 18.4 Å². The number of hydrogen-bond donors (Lipinski definition) is 1. The maximum absolute atomic E-state index is 13.2. The van der Waals surface area contributed by atoms with E-state index >= 15 is 0 Å². The molecule has 0 bridgehead atoms. The summed E-state index contributed by atoms with van der Waals surface area (Å²) in [5, 5.41) is 2.45. The lowest BCUT2D eigenvalue weighted by Gasteiger charge is -2.20. The smallest absolute Gasteiger partial charge is 0.255 e. The van der Waals surface area contributed by atoms with Gasteiger partial charge >= 0.3 is 0 Å². The molecular weight excluding hydrogens is 374 g/mol. The first kappa shape index (κ1) is 19.4. The zero-order valence-corrected chi connectivity index (χ0v) is 15.4. The molecule has 1 amide bonds. The highest BCUT2D eigenvalue weighted by molar-refractivity contribution is 7.89. The summed E-state index contributed by atoms with van der Waals surface area (Å²) >= 11 is 0. The lowest BCUT2D eigenvalue weighted by atomic mass is 10.2. The van der Waals surface area contributed by atoms with Gasteiger partial charge in [-0.2, -0.15) is 4.31 Å². The zero-order chi connectivity index (χ0) is 19.4. The van der Waals surface area contributed by atoms with Crippen molar-refractivity contribution in [1.82, 2.24) is 4.31 Å². The number of rotatable bonds is 4. The van der Waals surface area contributed by atoms with E-state index in [9.17, 15) is 22.0 Å². The summed E-state index contributed by atoms with van der Waals surface area (Å²) in [5.41, 5.74) is 0.328. The van der Waals surface area contributed by atoms with Gasteiger partial charge in [-0.3, -0.25) is 4.79 Å². The first-order valence-electron chi connectivity index (χ1n) is 8.74. The van der Waals surface area contributed by atoms with E-state index in [1.807, 2.05) is 0 Å². The van der Waals surface area contributed by atoms with E-state index in [0.29, 0.717) is 13.1 Å². The van der Waals surface area contributed by atoms with E-state index < -0.39 is 27.6 Å². The molecule has 1 aliphatic rings. The van der Waals surface area contributed by atoms with Gasteiger partial charge in [-0.05, 0) is 49.2 Å². The number of halogens is 2. The van der Waals surface area contributed by atoms with Crippen molar-refractivity contribution in [3.05, 3.63) is 59.7 Å². The van der Waals surface area contributed by atoms with Crippen molar-refractivity contribution in [1.29, 1.82) is 0 Å². The Morgan fingerprint density at radius 2 is 1.52 bits per heavy atom. The summed E-state index contributed by atoms with van der Waals surface area (Å²) in [6.45, 7) is 1.00. The van der Waals surface area contributed by atoms with Gasteiger partial charge in [0.2, 0.25) is 10.0 Å². The summed E-state index contributed by atoms with van der Waals surface area (Å²) < 4.78 is 53.1. The lowest BCUT2D eigenvalue weighted by Crippen LogP contribution is -2.31. The molecule has 0 saturated carbocycles. The Kier molecular flexibility index (Phi) is 5.86. The third-order valence-electron chi connectivity index (χ3n) is 4.50. The van der Waals surface area contributed by atoms with Crippen molar-refractivity contribution in [3.8, 4) is 0 Å². The molecule has 0 aromatic heterocycles. The second kappa shape index (κ2) is 8.14. The largest absolute Gasteiger partial charge is 0.322 e. The van der Waals surface area contributed by atoms with E-state index in [4.69, 9.17) is 0 Å². The Morgan fingerprint density at radius 1 is 0.889 bits per heavy atom. The Morgan fingerprint density at radius 3 is 2.11 bits per heavy atom. The van der Waals surface area contributed by atoms with Gasteiger partial charge in [0, 0.05) is 30.4 Å². The van der Waals surface area contributed by atoms with Crippen LogP contribution in [0.4, 0.5) is 14.5 Å². The number of nitrogens with zero attached hydrogens (tertiary/aromatic N) is 1. The van der Waals surface area contributed by atoms with Gasteiger partial charge in [0.1, 0.15) is 0 Å². The Bertz CT molecular complexity index is 922. The number of nitrogens with one attached hydrogen (secondary N) is 1. The molecule has 2 aromatic rings. The van der Waals surface area contributed by atoms with Gasteiger partial charge in [0.15, 0.2) is 11.6 Å². The number of hydrogen-bond acceptors (Lipinski definition) is 3. The van der Waals surface area contributed by atoms with Crippen LogP contribution in [0.25, 0.3) is 0 Å². The molecule has 1 aliphatic heterocycles. The lowest BCUT2D eigenvalue weighted by molar-refractivity contribution is 0.102. The van der Waals surface area contributed by atoms with Crippen LogP contribution in [0.1, 0.15) is 36.0 Å². The summed E-state index contributed by atoms with van der Waals surface area (Å²) in [6, 6.07) is 8.63. The average Bonchev–Trinajstić information content (AvgIpc) is 2.95. The highest BCUT2D eigenvalue weighted by Crippen LogP contribution is 2.21. The van der Waals surface area contributed by atoms with Crippen molar-refractivity contribution in [2.45, 2.75) is 30.6 Å². The van der Waals surface area contributed by atoms with Crippen LogP contribution in [-0.2, 0) is 10.0 Å². The first-order valence-corrected chi connectivity index (χ1v) is 10.2. The topological polar surface area (TPSA) is 66.5 Å². The molecular formula is C19H20F2N2O3S.